The lowest BCUT2D eigenvalue weighted by Crippen LogP contribution is -2.29. The molecule has 1 atom stereocenters. The van der Waals surface area contributed by atoms with Gasteiger partial charge in [0.05, 0.1) is 17.5 Å². The van der Waals surface area contributed by atoms with Gasteiger partial charge in [-0.25, -0.2) is 4.39 Å². The Bertz CT molecular complexity index is 951. The fourth-order valence-electron chi connectivity index (χ4n) is 3.93. The molecular formula is C23H28Cl2FN3O. The summed E-state index contributed by atoms with van der Waals surface area (Å²) in [6.45, 7) is 3.90. The van der Waals surface area contributed by atoms with Crippen LogP contribution in [0.25, 0.3) is 22.4 Å². The topological polar surface area (TPSA) is 52.1 Å². The van der Waals surface area contributed by atoms with Crippen molar-refractivity contribution in [1.29, 1.82) is 0 Å². The zero-order chi connectivity index (χ0) is 19.7. The Labute approximate surface area is 189 Å². The van der Waals surface area contributed by atoms with Crippen molar-refractivity contribution in [2.45, 2.75) is 31.8 Å². The second-order valence-electron chi connectivity index (χ2n) is 7.74. The third-order valence-electron chi connectivity index (χ3n) is 5.65. The zero-order valence-electron chi connectivity index (χ0n) is 17.1. The van der Waals surface area contributed by atoms with Gasteiger partial charge >= 0.3 is 0 Å². The SMILES string of the molecule is CC(O)c1cc(-c2cc(C3CCN(C)CC3)[nH]c2-c2ccc(F)cc2)ccn1.Cl.Cl. The molecule has 1 aliphatic rings. The molecule has 0 aliphatic carbocycles. The van der Waals surface area contributed by atoms with Gasteiger partial charge in [0.15, 0.2) is 0 Å². The van der Waals surface area contributed by atoms with E-state index in [1.54, 1.807) is 25.3 Å². The second-order valence-corrected chi connectivity index (χ2v) is 7.74. The number of H-pyrrole nitrogens is 1. The summed E-state index contributed by atoms with van der Waals surface area (Å²) in [5.41, 5.74) is 5.86. The molecule has 1 aliphatic heterocycles. The van der Waals surface area contributed by atoms with Crippen LogP contribution in [0, 0.1) is 5.82 Å². The molecule has 162 valence electrons. The van der Waals surface area contributed by atoms with Gasteiger partial charge in [-0.3, -0.25) is 4.98 Å². The van der Waals surface area contributed by atoms with Crippen LogP contribution in [0.4, 0.5) is 4.39 Å². The van der Waals surface area contributed by atoms with Gasteiger partial charge in [0.2, 0.25) is 0 Å². The number of benzene rings is 1. The number of nitrogens with zero attached hydrogens (tertiary/aromatic N) is 2. The third kappa shape index (κ3) is 5.22. The molecule has 0 bridgehead atoms. The van der Waals surface area contributed by atoms with Crippen LogP contribution in [0.5, 0.6) is 0 Å². The van der Waals surface area contributed by atoms with Crippen LogP contribution in [0.2, 0.25) is 0 Å². The largest absolute Gasteiger partial charge is 0.387 e. The summed E-state index contributed by atoms with van der Waals surface area (Å²) in [7, 11) is 2.16. The number of aromatic amines is 1. The molecular weight excluding hydrogens is 424 g/mol. The normalized spacial score (nSPS) is 15.9. The lowest BCUT2D eigenvalue weighted by Gasteiger charge is -2.28. The first-order valence-electron chi connectivity index (χ1n) is 9.83. The average Bonchev–Trinajstić information content (AvgIpc) is 3.14. The number of aliphatic hydroxyl groups excluding tert-OH is 1. The Balaban J connectivity index is 0.00000160. The number of hydrogen-bond donors (Lipinski definition) is 2. The number of aromatic nitrogens is 2. The van der Waals surface area contributed by atoms with Crippen LogP contribution in [0.1, 0.15) is 43.2 Å². The molecule has 7 heteroatoms. The fourth-order valence-corrected chi connectivity index (χ4v) is 3.93. The smallest absolute Gasteiger partial charge is 0.123 e. The van der Waals surface area contributed by atoms with Gasteiger partial charge in [-0.2, -0.15) is 0 Å². The highest BCUT2D eigenvalue weighted by Crippen LogP contribution is 2.37. The van der Waals surface area contributed by atoms with E-state index in [0.29, 0.717) is 11.6 Å². The molecule has 1 fully saturated rings. The molecule has 2 aromatic heterocycles. The first-order chi connectivity index (χ1) is 13.5. The summed E-state index contributed by atoms with van der Waals surface area (Å²) in [5, 5.41) is 9.93. The third-order valence-corrected chi connectivity index (χ3v) is 5.65. The predicted octanol–water partition coefficient (Wildman–Crippen LogP) is 5.59. The standard InChI is InChI=1S/C23H26FN3O.2ClH/c1-15(28)21-13-18(7-10-25-21)20-14-22(16-8-11-27(2)12-9-16)26-23(20)17-3-5-19(24)6-4-17;;/h3-7,10,13-16,26,28H,8-9,11-12H2,1-2H3;2*1H. The molecule has 30 heavy (non-hydrogen) atoms. The van der Waals surface area contributed by atoms with Crippen LogP contribution in [0.15, 0.2) is 48.7 Å². The van der Waals surface area contributed by atoms with E-state index in [0.717, 1.165) is 48.3 Å². The minimum atomic E-state index is -0.624. The van der Waals surface area contributed by atoms with E-state index < -0.39 is 6.10 Å². The van der Waals surface area contributed by atoms with E-state index in [-0.39, 0.29) is 30.6 Å². The zero-order valence-corrected chi connectivity index (χ0v) is 18.8. The van der Waals surface area contributed by atoms with E-state index in [9.17, 15) is 9.50 Å². The highest BCUT2D eigenvalue weighted by atomic mass is 35.5. The molecule has 0 saturated carbocycles. The quantitative estimate of drug-likeness (QED) is 0.543. The number of halogens is 3. The monoisotopic (exact) mass is 451 g/mol. The number of hydrogen-bond acceptors (Lipinski definition) is 3. The molecule has 3 heterocycles. The second kappa shape index (κ2) is 10.4. The predicted molar refractivity (Wildman–Crippen MR) is 124 cm³/mol. The van der Waals surface area contributed by atoms with Crippen LogP contribution >= 0.6 is 24.8 Å². The van der Waals surface area contributed by atoms with Crippen LogP contribution in [0.3, 0.4) is 0 Å². The van der Waals surface area contributed by atoms with Crippen LogP contribution in [-0.2, 0) is 0 Å². The first-order valence-corrected chi connectivity index (χ1v) is 9.83. The molecule has 1 saturated heterocycles. The maximum atomic E-state index is 13.4. The average molecular weight is 452 g/mol. The summed E-state index contributed by atoms with van der Waals surface area (Å²) < 4.78 is 13.4. The van der Waals surface area contributed by atoms with Gasteiger partial charge in [0.25, 0.3) is 0 Å². The van der Waals surface area contributed by atoms with Gasteiger partial charge in [-0.05, 0) is 93.5 Å². The maximum absolute atomic E-state index is 13.4. The summed E-state index contributed by atoms with van der Waals surface area (Å²) in [6, 6.07) is 12.7. The molecule has 3 aromatic rings. The molecule has 4 nitrogen and oxygen atoms in total. The number of rotatable bonds is 4. The van der Waals surface area contributed by atoms with E-state index in [1.807, 2.05) is 12.1 Å². The molecule has 2 N–H and O–H groups in total. The summed E-state index contributed by atoms with van der Waals surface area (Å²) >= 11 is 0. The molecule has 1 aromatic carbocycles. The Morgan fingerprint density at radius 2 is 1.73 bits per heavy atom. The number of likely N-dealkylation sites (tertiary alicyclic amines) is 1. The van der Waals surface area contributed by atoms with Gasteiger partial charge in [0.1, 0.15) is 5.82 Å². The Morgan fingerprint density at radius 1 is 1.07 bits per heavy atom. The Hall–Kier alpha value is -1.92. The van der Waals surface area contributed by atoms with Crippen molar-refractivity contribution >= 4 is 24.8 Å². The maximum Gasteiger partial charge on any atom is 0.123 e. The summed E-state index contributed by atoms with van der Waals surface area (Å²) in [6.07, 6.45) is 3.35. The van der Waals surface area contributed by atoms with Crippen LogP contribution in [-0.4, -0.2) is 40.1 Å². The molecule has 0 amide bonds. The summed E-state index contributed by atoms with van der Waals surface area (Å²) in [5.74, 6) is 0.245. The van der Waals surface area contributed by atoms with E-state index in [2.05, 4.69) is 28.0 Å². The number of aliphatic hydroxyl groups is 1. The number of nitrogens with one attached hydrogen (secondary N) is 1. The molecule has 0 radical (unpaired) electrons. The lowest BCUT2D eigenvalue weighted by atomic mass is 9.93. The van der Waals surface area contributed by atoms with Crippen LogP contribution < -0.4 is 0 Å². The van der Waals surface area contributed by atoms with Gasteiger partial charge in [0, 0.05) is 23.4 Å². The van der Waals surface area contributed by atoms with Gasteiger partial charge in [-0.1, -0.05) is 0 Å². The molecule has 1 unspecified atom stereocenters. The minimum absolute atomic E-state index is 0. The minimum Gasteiger partial charge on any atom is -0.387 e. The van der Waals surface area contributed by atoms with Crippen molar-refractivity contribution in [2.75, 3.05) is 20.1 Å². The van der Waals surface area contributed by atoms with Crippen molar-refractivity contribution in [1.82, 2.24) is 14.9 Å². The highest BCUT2D eigenvalue weighted by molar-refractivity contribution is 5.85. The first kappa shape index (κ1) is 24.4. The van der Waals surface area contributed by atoms with Crippen molar-refractivity contribution in [3.8, 4) is 22.4 Å². The fraction of sp³-hybridized carbons (Fsp3) is 0.348. The number of piperidine rings is 1. The van der Waals surface area contributed by atoms with E-state index in [1.165, 1.54) is 17.8 Å². The van der Waals surface area contributed by atoms with E-state index >= 15 is 0 Å². The van der Waals surface area contributed by atoms with Crippen molar-refractivity contribution < 1.29 is 9.50 Å². The van der Waals surface area contributed by atoms with Crippen molar-refractivity contribution in [3.63, 3.8) is 0 Å². The molecule has 0 spiro atoms. The lowest BCUT2D eigenvalue weighted by molar-refractivity contribution is 0.194. The van der Waals surface area contributed by atoms with E-state index in [4.69, 9.17) is 0 Å². The van der Waals surface area contributed by atoms with Gasteiger partial charge in [-0.15, -0.1) is 24.8 Å². The Kier molecular flexibility index (Phi) is 8.44. The highest BCUT2D eigenvalue weighted by Gasteiger charge is 2.22. The summed E-state index contributed by atoms with van der Waals surface area (Å²) in [4.78, 5) is 10.3. The molecule has 4 rings (SSSR count). The number of pyridine rings is 1. The Morgan fingerprint density at radius 3 is 2.37 bits per heavy atom. The van der Waals surface area contributed by atoms with Crippen molar-refractivity contribution in [2.24, 2.45) is 0 Å². The van der Waals surface area contributed by atoms with Crippen molar-refractivity contribution in [3.05, 3.63) is 65.9 Å². The van der Waals surface area contributed by atoms with Gasteiger partial charge < -0.3 is 15.0 Å².